The van der Waals surface area contributed by atoms with Crippen molar-refractivity contribution in [1.29, 1.82) is 0 Å². The highest BCUT2D eigenvalue weighted by molar-refractivity contribution is 5.46. The van der Waals surface area contributed by atoms with E-state index in [0.717, 1.165) is 25.7 Å². The normalized spacial score (nSPS) is 26.9. The van der Waals surface area contributed by atoms with E-state index in [-0.39, 0.29) is 18.0 Å². The van der Waals surface area contributed by atoms with Crippen LogP contribution in [0.15, 0.2) is 18.3 Å². The molecule has 6 nitrogen and oxygen atoms in total. The molecule has 6 heteroatoms. The molecule has 0 unspecified atom stereocenters. The molecule has 0 radical (unpaired) electrons. The molecule has 0 bridgehead atoms. The summed E-state index contributed by atoms with van der Waals surface area (Å²) in [4.78, 5) is 13.8. The van der Waals surface area contributed by atoms with Crippen molar-refractivity contribution in [2.75, 3.05) is 11.9 Å². The number of aliphatic hydroxyl groups excluding tert-OH is 1. The van der Waals surface area contributed by atoms with Crippen LogP contribution in [-0.2, 0) is 0 Å². The molecule has 2 rings (SSSR count). The van der Waals surface area contributed by atoms with Gasteiger partial charge in [-0.3, -0.25) is 0 Å². The van der Waals surface area contributed by atoms with Gasteiger partial charge in [0.15, 0.2) is 6.20 Å². The van der Waals surface area contributed by atoms with E-state index in [9.17, 15) is 15.2 Å². The molecule has 0 aromatic carbocycles. The van der Waals surface area contributed by atoms with E-state index < -0.39 is 4.92 Å². The maximum atomic E-state index is 10.5. The Balaban J connectivity index is 2.08. The second-order valence-corrected chi connectivity index (χ2v) is 5.41. The van der Waals surface area contributed by atoms with Gasteiger partial charge in [-0.1, -0.05) is 6.92 Å². The first-order chi connectivity index (χ1) is 9.04. The molecule has 1 aliphatic rings. The van der Waals surface area contributed by atoms with Gasteiger partial charge in [0.1, 0.15) is 0 Å². The maximum Gasteiger partial charge on any atom is 0.363 e. The van der Waals surface area contributed by atoms with Gasteiger partial charge in [-0.15, -0.1) is 0 Å². The third kappa shape index (κ3) is 3.20. The van der Waals surface area contributed by atoms with Crippen LogP contribution in [0.1, 0.15) is 32.6 Å². The number of pyridine rings is 1. The fourth-order valence-electron chi connectivity index (χ4n) is 2.51. The zero-order valence-electron chi connectivity index (χ0n) is 11.0. The molecule has 19 heavy (non-hydrogen) atoms. The summed E-state index contributed by atoms with van der Waals surface area (Å²) in [6.45, 7) is 2.28. The van der Waals surface area contributed by atoms with Crippen LogP contribution in [0.2, 0.25) is 0 Å². The second-order valence-electron chi connectivity index (χ2n) is 5.41. The number of nitro groups is 1. The van der Waals surface area contributed by atoms with Crippen LogP contribution in [0.5, 0.6) is 0 Å². The quantitative estimate of drug-likeness (QED) is 0.644. The maximum absolute atomic E-state index is 10.5. The van der Waals surface area contributed by atoms with E-state index in [1.54, 1.807) is 6.07 Å². The minimum atomic E-state index is -0.520. The minimum absolute atomic E-state index is 0.0662. The molecule has 0 aliphatic heterocycles. The molecule has 0 saturated heterocycles. The number of anilines is 1. The lowest BCUT2D eigenvalue weighted by Crippen LogP contribution is -2.45. The second kappa shape index (κ2) is 5.52. The Morgan fingerprint density at radius 3 is 2.68 bits per heavy atom. The van der Waals surface area contributed by atoms with Crippen LogP contribution in [0.25, 0.3) is 0 Å². The van der Waals surface area contributed by atoms with E-state index in [0.29, 0.717) is 11.6 Å². The zero-order valence-corrected chi connectivity index (χ0v) is 11.0. The fourth-order valence-corrected chi connectivity index (χ4v) is 2.51. The molecule has 0 amide bonds. The number of nitrogens with zero attached hydrogens (tertiary/aromatic N) is 2. The largest absolute Gasteiger partial charge is 0.394 e. The first kappa shape index (κ1) is 13.7. The number of hydrogen-bond acceptors (Lipinski definition) is 5. The van der Waals surface area contributed by atoms with Crippen molar-refractivity contribution in [3.05, 3.63) is 28.4 Å². The summed E-state index contributed by atoms with van der Waals surface area (Å²) >= 11 is 0. The zero-order chi connectivity index (χ0) is 13.9. The summed E-state index contributed by atoms with van der Waals surface area (Å²) in [5.74, 6) is 0.525. The molecule has 0 spiro atoms. The average Bonchev–Trinajstić information content (AvgIpc) is 2.42. The minimum Gasteiger partial charge on any atom is -0.394 e. The molecule has 2 N–H and O–H groups in total. The van der Waals surface area contributed by atoms with Crippen LogP contribution in [0, 0.1) is 16.0 Å². The lowest BCUT2D eigenvalue weighted by molar-refractivity contribution is -0.389. The van der Waals surface area contributed by atoms with Crippen molar-refractivity contribution < 1.29 is 10.0 Å². The molecule has 1 heterocycles. The monoisotopic (exact) mass is 265 g/mol. The van der Waals surface area contributed by atoms with Crippen molar-refractivity contribution in [1.82, 2.24) is 4.98 Å². The summed E-state index contributed by atoms with van der Waals surface area (Å²) in [6, 6.07) is 3.01. The van der Waals surface area contributed by atoms with E-state index in [2.05, 4.69) is 17.2 Å². The molecule has 1 fully saturated rings. The molecular formula is C13H19N3O3. The molecule has 1 aromatic heterocycles. The molecule has 0 atom stereocenters. The summed E-state index contributed by atoms with van der Waals surface area (Å²) < 4.78 is 0. The molecule has 104 valence electrons. The third-order valence-electron chi connectivity index (χ3n) is 3.88. The van der Waals surface area contributed by atoms with Gasteiger partial charge < -0.3 is 20.5 Å². The Kier molecular flexibility index (Phi) is 3.99. The highest BCUT2D eigenvalue weighted by Crippen LogP contribution is 2.34. The highest BCUT2D eigenvalue weighted by atomic mass is 16.6. The van der Waals surface area contributed by atoms with Crippen molar-refractivity contribution in [2.45, 2.75) is 38.1 Å². The Labute approximate surface area is 112 Å². The fraction of sp³-hybridized carbons (Fsp3) is 0.615. The van der Waals surface area contributed by atoms with Crippen LogP contribution in [-0.4, -0.2) is 27.2 Å². The van der Waals surface area contributed by atoms with Crippen LogP contribution in [0.4, 0.5) is 11.5 Å². The van der Waals surface area contributed by atoms with Crippen molar-refractivity contribution in [3.8, 4) is 0 Å². The topological polar surface area (TPSA) is 88.3 Å². The predicted octanol–water partition coefficient (Wildman–Crippen LogP) is 2.34. The van der Waals surface area contributed by atoms with Gasteiger partial charge in [0, 0.05) is 6.07 Å². The average molecular weight is 265 g/mol. The van der Waals surface area contributed by atoms with Gasteiger partial charge >= 0.3 is 5.82 Å². The van der Waals surface area contributed by atoms with Crippen LogP contribution in [0.3, 0.4) is 0 Å². The van der Waals surface area contributed by atoms with E-state index >= 15 is 0 Å². The number of hydrogen-bond donors (Lipinski definition) is 2. The van der Waals surface area contributed by atoms with Gasteiger partial charge in [0.2, 0.25) is 0 Å². The van der Waals surface area contributed by atoms with Gasteiger partial charge in [-0.2, -0.15) is 0 Å². The molecule has 1 aromatic rings. The summed E-state index contributed by atoms with van der Waals surface area (Å²) in [5.41, 5.74) is 0.402. The molecule has 1 aliphatic carbocycles. The Hall–Kier alpha value is -1.69. The number of nitrogens with one attached hydrogen (secondary N) is 1. The van der Waals surface area contributed by atoms with Gasteiger partial charge in [0.25, 0.3) is 0 Å². The van der Waals surface area contributed by atoms with E-state index in [4.69, 9.17) is 0 Å². The van der Waals surface area contributed by atoms with Gasteiger partial charge in [-0.25, -0.2) is 0 Å². The SMILES string of the molecule is CC1CCC(CO)(Nc2ccc([N+](=O)[O-])nc2)CC1. The van der Waals surface area contributed by atoms with Crippen molar-refractivity contribution in [2.24, 2.45) is 5.92 Å². The highest BCUT2D eigenvalue weighted by Gasteiger charge is 2.33. The molecular weight excluding hydrogens is 246 g/mol. The van der Waals surface area contributed by atoms with Crippen LogP contribution >= 0.6 is 0 Å². The predicted molar refractivity (Wildman–Crippen MR) is 72.0 cm³/mol. The van der Waals surface area contributed by atoms with Gasteiger partial charge in [0.05, 0.1) is 17.8 Å². The first-order valence-electron chi connectivity index (χ1n) is 6.54. The number of aromatic nitrogens is 1. The third-order valence-corrected chi connectivity index (χ3v) is 3.88. The summed E-state index contributed by atoms with van der Waals surface area (Å²) in [5, 5.41) is 23.5. The Morgan fingerprint density at radius 1 is 1.53 bits per heavy atom. The Bertz CT molecular complexity index is 439. The smallest absolute Gasteiger partial charge is 0.363 e. The van der Waals surface area contributed by atoms with Crippen molar-refractivity contribution in [3.63, 3.8) is 0 Å². The summed E-state index contributed by atoms with van der Waals surface area (Å²) in [7, 11) is 0. The first-order valence-corrected chi connectivity index (χ1v) is 6.54. The van der Waals surface area contributed by atoms with Crippen molar-refractivity contribution >= 4 is 11.5 Å². The lowest BCUT2D eigenvalue weighted by Gasteiger charge is -2.39. The summed E-state index contributed by atoms with van der Waals surface area (Å²) in [6.07, 6.45) is 5.42. The van der Waals surface area contributed by atoms with E-state index in [1.807, 2.05) is 0 Å². The number of rotatable bonds is 4. The lowest BCUT2D eigenvalue weighted by atomic mass is 9.77. The number of aliphatic hydroxyl groups is 1. The van der Waals surface area contributed by atoms with Crippen LogP contribution < -0.4 is 5.32 Å². The van der Waals surface area contributed by atoms with E-state index in [1.165, 1.54) is 12.3 Å². The molecule has 1 saturated carbocycles. The van der Waals surface area contributed by atoms with Gasteiger partial charge in [-0.05, 0) is 47.6 Å². The standard InChI is InChI=1S/C13H19N3O3/c1-10-4-6-13(9-17,7-5-10)15-11-2-3-12(14-8-11)16(18)19/h2-3,8,10,15,17H,4-7,9H2,1H3. The Morgan fingerprint density at radius 2 is 2.21 bits per heavy atom.